The van der Waals surface area contributed by atoms with Gasteiger partial charge < -0.3 is 15.4 Å². The van der Waals surface area contributed by atoms with Gasteiger partial charge >= 0.3 is 0 Å². The standard InChI is InChI=1S/C11H14N2O3S/c12-11(15)9-6-13(2-3-16-9)10(14)5-8-1-4-17-7-8/h1,4,7,9H,2-3,5-6H2,(H2,12,15)/t9-/m0/s1. The highest BCUT2D eigenvalue weighted by atomic mass is 32.1. The summed E-state index contributed by atoms with van der Waals surface area (Å²) in [6.07, 6.45) is -0.301. The van der Waals surface area contributed by atoms with Crippen LogP contribution in [0.1, 0.15) is 5.56 Å². The Morgan fingerprint density at radius 3 is 3.06 bits per heavy atom. The summed E-state index contributed by atoms with van der Waals surface area (Å²) in [5, 5.41) is 3.89. The van der Waals surface area contributed by atoms with Crippen molar-refractivity contribution >= 4 is 23.2 Å². The lowest BCUT2D eigenvalue weighted by Crippen LogP contribution is -2.50. The highest BCUT2D eigenvalue weighted by Crippen LogP contribution is 2.11. The van der Waals surface area contributed by atoms with E-state index in [1.54, 1.807) is 16.2 Å². The number of morpholine rings is 1. The Bertz CT molecular complexity index is 405. The van der Waals surface area contributed by atoms with Gasteiger partial charge in [-0.2, -0.15) is 11.3 Å². The quantitative estimate of drug-likeness (QED) is 0.825. The average Bonchev–Trinajstić information content (AvgIpc) is 2.82. The molecule has 92 valence electrons. The maximum atomic E-state index is 12.0. The number of rotatable bonds is 3. The fourth-order valence-electron chi connectivity index (χ4n) is 1.73. The van der Waals surface area contributed by atoms with Gasteiger partial charge in [-0.15, -0.1) is 0 Å². The number of hydrogen-bond donors (Lipinski definition) is 1. The predicted molar refractivity (Wildman–Crippen MR) is 63.5 cm³/mol. The summed E-state index contributed by atoms with van der Waals surface area (Å²) in [7, 11) is 0. The Morgan fingerprint density at radius 1 is 1.59 bits per heavy atom. The van der Waals surface area contributed by atoms with Crippen LogP contribution in [0, 0.1) is 0 Å². The number of amides is 2. The second kappa shape index (κ2) is 5.29. The van der Waals surface area contributed by atoms with E-state index >= 15 is 0 Å². The maximum Gasteiger partial charge on any atom is 0.248 e. The fraction of sp³-hybridized carbons (Fsp3) is 0.455. The normalized spacial score (nSPS) is 20.2. The molecule has 2 amide bonds. The van der Waals surface area contributed by atoms with E-state index in [9.17, 15) is 9.59 Å². The van der Waals surface area contributed by atoms with Crippen LogP contribution in [0.25, 0.3) is 0 Å². The molecule has 1 atom stereocenters. The van der Waals surface area contributed by atoms with Gasteiger partial charge in [-0.1, -0.05) is 0 Å². The van der Waals surface area contributed by atoms with Crippen LogP contribution in [0.5, 0.6) is 0 Å². The van der Waals surface area contributed by atoms with E-state index in [0.29, 0.717) is 19.6 Å². The Kier molecular flexibility index (Phi) is 3.75. The Hall–Kier alpha value is -1.40. The molecule has 1 fully saturated rings. The zero-order chi connectivity index (χ0) is 12.3. The molecule has 5 nitrogen and oxygen atoms in total. The van der Waals surface area contributed by atoms with Crippen molar-refractivity contribution in [3.05, 3.63) is 22.4 Å². The molecule has 2 heterocycles. The second-order valence-electron chi connectivity index (χ2n) is 3.91. The molecule has 0 radical (unpaired) electrons. The van der Waals surface area contributed by atoms with Gasteiger partial charge in [0.1, 0.15) is 0 Å². The molecule has 17 heavy (non-hydrogen) atoms. The van der Waals surface area contributed by atoms with E-state index in [0.717, 1.165) is 5.56 Å². The molecule has 1 aliphatic rings. The molecule has 6 heteroatoms. The van der Waals surface area contributed by atoms with E-state index in [4.69, 9.17) is 10.5 Å². The van der Waals surface area contributed by atoms with Crippen molar-refractivity contribution in [2.75, 3.05) is 19.7 Å². The first-order valence-corrected chi connectivity index (χ1v) is 6.31. The van der Waals surface area contributed by atoms with Crippen LogP contribution < -0.4 is 5.73 Å². The van der Waals surface area contributed by atoms with Crippen molar-refractivity contribution < 1.29 is 14.3 Å². The number of hydrogen-bond acceptors (Lipinski definition) is 4. The largest absolute Gasteiger partial charge is 0.367 e. The minimum absolute atomic E-state index is 0.0120. The van der Waals surface area contributed by atoms with Crippen molar-refractivity contribution in [2.45, 2.75) is 12.5 Å². The molecule has 0 bridgehead atoms. The molecule has 0 aromatic carbocycles. The summed E-state index contributed by atoms with van der Waals surface area (Å²) in [5.41, 5.74) is 6.17. The first-order chi connectivity index (χ1) is 8.16. The molecule has 2 rings (SSSR count). The zero-order valence-electron chi connectivity index (χ0n) is 9.30. The Morgan fingerprint density at radius 2 is 2.41 bits per heavy atom. The number of thiophene rings is 1. The summed E-state index contributed by atoms with van der Waals surface area (Å²) < 4.78 is 5.19. The van der Waals surface area contributed by atoms with Gasteiger partial charge in [0, 0.05) is 6.54 Å². The molecule has 2 N–H and O–H groups in total. The Balaban J connectivity index is 1.93. The highest BCUT2D eigenvalue weighted by Gasteiger charge is 2.27. The predicted octanol–water partition coefficient (Wildman–Crippen LogP) is 0.00330. The minimum Gasteiger partial charge on any atom is -0.367 e. The summed E-state index contributed by atoms with van der Waals surface area (Å²) in [5.74, 6) is -0.504. The van der Waals surface area contributed by atoms with Crippen molar-refractivity contribution in [3.8, 4) is 0 Å². The van der Waals surface area contributed by atoms with Gasteiger partial charge in [-0.05, 0) is 22.4 Å². The van der Waals surface area contributed by atoms with Gasteiger partial charge in [-0.25, -0.2) is 0 Å². The zero-order valence-corrected chi connectivity index (χ0v) is 10.1. The number of ether oxygens (including phenoxy) is 1. The van der Waals surface area contributed by atoms with Gasteiger partial charge in [0.25, 0.3) is 0 Å². The van der Waals surface area contributed by atoms with Crippen LogP contribution in [-0.4, -0.2) is 42.5 Å². The van der Waals surface area contributed by atoms with Gasteiger partial charge in [-0.3, -0.25) is 9.59 Å². The lowest BCUT2D eigenvalue weighted by molar-refractivity contribution is -0.145. The van der Waals surface area contributed by atoms with Gasteiger partial charge in [0.2, 0.25) is 11.8 Å². The lowest BCUT2D eigenvalue weighted by atomic mass is 10.2. The van der Waals surface area contributed by atoms with Crippen LogP contribution in [0.15, 0.2) is 16.8 Å². The number of primary amides is 1. The van der Waals surface area contributed by atoms with E-state index in [1.807, 2.05) is 16.8 Å². The van der Waals surface area contributed by atoms with E-state index in [-0.39, 0.29) is 12.5 Å². The molecule has 0 unspecified atom stereocenters. The molecule has 0 aliphatic carbocycles. The third kappa shape index (κ3) is 3.04. The second-order valence-corrected chi connectivity index (χ2v) is 4.69. The molecule has 1 aromatic heterocycles. The first kappa shape index (κ1) is 12.1. The van der Waals surface area contributed by atoms with Gasteiger partial charge in [0.05, 0.1) is 19.6 Å². The third-order valence-corrected chi connectivity index (χ3v) is 3.40. The Labute approximate surface area is 103 Å². The fourth-order valence-corrected chi connectivity index (χ4v) is 2.40. The van der Waals surface area contributed by atoms with Crippen LogP contribution in [0.2, 0.25) is 0 Å². The lowest BCUT2D eigenvalue weighted by Gasteiger charge is -2.31. The summed E-state index contributed by atoms with van der Waals surface area (Å²) in [6.45, 7) is 1.15. The smallest absolute Gasteiger partial charge is 0.248 e. The van der Waals surface area contributed by atoms with Crippen LogP contribution >= 0.6 is 11.3 Å². The van der Waals surface area contributed by atoms with Crippen LogP contribution in [0.3, 0.4) is 0 Å². The molecule has 0 saturated carbocycles. The van der Waals surface area contributed by atoms with E-state index in [2.05, 4.69) is 0 Å². The van der Waals surface area contributed by atoms with Gasteiger partial charge in [0.15, 0.2) is 6.10 Å². The molecule has 1 aliphatic heterocycles. The highest BCUT2D eigenvalue weighted by molar-refractivity contribution is 7.07. The monoisotopic (exact) mass is 254 g/mol. The average molecular weight is 254 g/mol. The van der Waals surface area contributed by atoms with Crippen molar-refractivity contribution in [1.29, 1.82) is 0 Å². The first-order valence-electron chi connectivity index (χ1n) is 5.36. The van der Waals surface area contributed by atoms with Crippen molar-refractivity contribution in [2.24, 2.45) is 5.73 Å². The van der Waals surface area contributed by atoms with Crippen LogP contribution in [0.4, 0.5) is 0 Å². The number of nitrogens with zero attached hydrogens (tertiary/aromatic N) is 1. The minimum atomic E-state index is -0.671. The van der Waals surface area contributed by atoms with Crippen LogP contribution in [-0.2, 0) is 20.7 Å². The topological polar surface area (TPSA) is 72.6 Å². The summed E-state index contributed by atoms with van der Waals surface area (Å²) in [6, 6.07) is 1.93. The SMILES string of the molecule is NC(=O)[C@@H]1CN(C(=O)Cc2ccsc2)CCO1. The van der Waals surface area contributed by atoms with Crippen molar-refractivity contribution in [3.63, 3.8) is 0 Å². The molecular weight excluding hydrogens is 240 g/mol. The molecule has 0 spiro atoms. The van der Waals surface area contributed by atoms with Crippen molar-refractivity contribution in [1.82, 2.24) is 4.90 Å². The molecule has 1 aromatic rings. The maximum absolute atomic E-state index is 12.0. The number of carbonyl (C=O) groups excluding carboxylic acids is 2. The molecular formula is C11H14N2O3S. The number of carbonyl (C=O) groups is 2. The molecule has 1 saturated heterocycles. The summed E-state index contributed by atoms with van der Waals surface area (Å²) in [4.78, 5) is 24.6. The van der Waals surface area contributed by atoms with E-state index < -0.39 is 12.0 Å². The third-order valence-electron chi connectivity index (χ3n) is 2.67. The summed E-state index contributed by atoms with van der Waals surface area (Å²) >= 11 is 1.56. The number of nitrogens with two attached hydrogens (primary N) is 1. The van der Waals surface area contributed by atoms with E-state index in [1.165, 1.54) is 0 Å².